The standard InChI is InChI=1S/C20H25NO2/c1-5-14-8-6-7-9-18(14)15-12-16-10-11-17(13-15)21(16)19(22)23-20(2,3)4/h5-9,12,16-17H,1,10-11,13H2,2-4H3. The highest BCUT2D eigenvalue weighted by atomic mass is 16.6. The second kappa shape index (κ2) is 5.88. The number of rotatable bonds is 2. The highest BCUT2D eigenvalue weighted by Crippen LogP contribution is 2.40. The third-order valence-corrected chi connectivity index (χ3v) is 4.53. The molecule has 0 aliphatic carbocycles. The van der Waals surface area contributed by atoms with Crippen LogP contribution in [0.15, 0.2) is 36.9 Å². The molecule has 1 amide bonds. The minimum absolute atomic E-state index is 0.150. The van der Waals surface area contributed by atoms with E-state index in [0.29, 0.717) is 0 Å². The molecule has 2 unspecified atom stereocenters. The summed E-state index contributed by atoms with van der Waals surface area (Å²) in [4.78, 5) is 14.4. The fourth-order valence-electron chi connectivity index (χ4n) is 3.60. The number of hydrogen-bond acceptors (Lipinski definition) is 2. The summed E-state index contributed by atoms with van der Waals surface area (Å²) in [6.07, 6.45) is 6.91. The van der Waals surface area contributed by atoms with Crippen molar-refractivity contribution in [3.8, 4) is 0 Å². The lowest BCUT2D eigenvalue weighted by Crippen LogP contribution is -2.45. The second-order valence-electron chi connectivity index (χ2n) is 7.37. The van der Waals surface area contributed by atoms with E-state index in [4.69, 9.17) is 4.74 Å². The van der Waals surface area contributed by atoms with Gasteiger partial charge in [0.25, 0.3) is 0 Å². The molecule has 0 aromatic heterocycles. The van der Waals surface area contributed by atoms with E-state index in [0.717, 1.165) is 24.8 Å². The number of hydrogen-bond donors (Lipinski definition) is 0. The summed E-state index contributed by atoms with van der Waals surface area (Å²) in [5.74, 6) is 0. The third kappa shape index (κ3) is 3.19. The minimum atomic E-state index is -0.448. The molecule has 2 atom stereocenters. The molecule has 3 rings (SSSR count). The number of ether oxygens (including phenoxy) is 1. The van der Waals surface area contributed by atoms with Crippen LogP contribution in [-0.2, 0) is 4.74 Å². The Labute approximate surface area is 138 Å². The Hall–Kier alpha value is -2.03. The van der Waals surface area contributed by atoms with Crippen LogP contribution in [0.4, 0.5) is 4.79 Å². The van der Waals surface area contributed by atoms with Crippen LogP contribution in [0.25, 0.3) is 11.6 Å². The molecule has 1 fully saturated rings. The molecule has 0 radical (unpaired) electrons. The number of carbonyl (C=O) groups excluding carboxylic acids is 1. The first-order valence-corrected chi connectivity index (χ1v) is 8.33. The van der Waals surface area contributed by atoms with E-state index < -0.39 is 5.60 Å². The fraction of sp³-hybridized carbons (Fsp3) is 0.450. The molecule has 3 nitrogen and oxygen atoms in total. The van der Waals surface area contributed by atoms with Crippen molar-refractivity contribution in [2.45, 2.75) is 57.7 Å². The van der Waals surface area contributed by atoms with Gasteiger partial charge in [0.2, 0.25) is 0 Å². The molecule has 2 aliphatic heterocycles. The number of fused-ring (bicyclic) bond motifs is 2. The molecule has 23 heavy (non-hydrogen) atoms. The van der Waals surface area contributed by atoms with E-state index in [1.807, 2.05) is 37.8 Å². The zero-order valence-corrected chi connectivity index (χ0v) is 14.2. The first kappa shape index (κ1) is 15.9. The maximum absolute atomic E-state index is 12.5. The number of carbonyl (C=O) groups is 1. The van der Waals surface area contributed by atoms with Gasteiger partial charge in [-0.25, -0.2) is 4.79 Å². The van der Waals surface area contributed by atoms with Crippen molar-refractivity contribution >= 4 is 17.7 Å². The van der Waals surface area contributed by atoms with Crippen molar-refractivity contribution < 1.29 is 9.53 Å². The molecule has 1 saturated heterocycles. The summed E-state index contributed by atoms with van der Waals surface area (Å²) in [7, 11) is 0. The Balaban J connectivity index is 1.86. The van der Waals surface area contributed by atoms with E-state index in [1.165, 1.54) is 11.1 Å². The first-order valence-electron chi connectivity index (χ1n) is 8.33. The van der Waals surface area contributed by atoms with Crippen LogP contribution < -0.4 is 0 Å². The second-order valence-corrected chi connectivity index (χ2v) is 7.37. The van der Waals surface area contributed by atoms with Crippen LogP contribution in [0.1, 0.15) is 51.2 Å². The monoisotopic (exact) mass is 311 g/mol. The topological polar surface area (TPSA) is 29.5 Å². The van der Waals surface area contributed by atoms with Gasteiger partial charge in [-0.2, -0.15) is 0 Å². The van der Waals surface area contributed by atoms with Gasteiger partial charge in [-0.3, -0.25) is 4.90 Å². The molecular formula is C20H25NO2. The summed E-state index contributed by atoms with van der Waals surface area (Å²) in [6.45, 7) is 9.66. The minimum Gasteiger partial charge on any atom is -0.444 e. The number of nitrogens with zero attached hydrogens (tertiary/aromatic N) is 1. The van der Waals surface area contributed by atoms with Crippen LogP contribution in [0.5, 0.6) is 0 Å². The van der Waals surface area contributed by atoms with Crippen molar-refractivity contribution in [1.29, 1.82) is 0 Å². The van der Waals surface area contributed by atoms with E-state index in [-0.39, 0.29) is 18.2 Å². The predicted octanol–water partition coefficient (Wildman–Crippen LogP) is 4.88. The summed E-state index contributed by atoms with van der Waals surface area (Å²) in [6, 6.07) is 8.72. The van der Waals surface area contributed by atoms with Gasteiger partial charge in [0.05, 0.1) is 6.04 Å². The van der Waals surface area contributed by atoms with Gasteiger partial charge >= 0.3 is 6.09 Å². The highest BCUT2D eigenvalue weighted by Gasteiger charge is 2.41. The summed E-state index contributed by atoms with van der Waals surface area (Å²) < 4.78 is 5.59. The van der Waals surface area contributed by atoms with Gasteiger partial charge in [-0.15, -0.1) is 0 Å². The Morgan fingerprint density at radius 3 is 2.70 bits per heavy atom. The zero-order chi connectivity index (χ0) is 16.6. The Morgan fingerprint density at radius 2 is 2.04 bits per heavy atom. The van der Waals surface area contributed by atoms with Crippen LogP contribution in [0.3, 0.4) is 0 Å². The summed E-state index contributed by atoms with van der Waals surface area (Å²) in [5, 5.41) is 0. The van der Waals surface area contributed by atoms with Crippen molar-refractivity contribution in [1.82, 2.24) is 4.90 Å². The van der Waals surface area contributed by atoms with Gasteiger partial charge in [-0.05, 0) is 56.7 Å². The molecule has 1 aromatic carbocycles. The molecular weight excluding hydrogens is 286 g/mol. The SMILES string of the molecule is C=Cc1ccccc1C1=CC2CCC(C1)N2C(=O)OC(C)(C)C. The molecule has 122 valence electrons. The maximum atomic E-state index is 12.5. The molecule has 0 N–H and O–H groups in total. The van der Waals surface area contributed by atoms with E-state index in [2.05, 4.69) is 30.9 Å². The zero-order valence-electron chi connectivity index (χ0n) is 14.2. The largest absolute Gasteiger partial charge is 0.444 e. The van der Waals surface area contributed by atoms with Gasteiger partial charge in [0, 0.05) is 6.04 Å². The highest BCUT2D eigenvalue weighted by molar-refractivity contribution is 5.78. The number of amides is 1. The molecule has 0 saturated carbocycles. The average Bonchev–Trinajstić information content (AvgIpc) is 2.76. The van der Waals surface area contributed by atoms with Crippen LogP contribution in [-0.4, -0.2) is 28.7 Å². The molecule has 0 spiro atoms. The number of benzene rings is 1. The predicted molar refractivity (Wildman–Crippen MR) is 94.0 cm³/mol. The summed E-state index contributed by atoms with van der Waals surface area (Å²) >= 11 is 0. The maximum Gasteiger partial charge on any atom is 0.411 e. The lowest BCUT2D eigenvalue weighted by Gasteiger charge is -2.35. The van der Waals surface area contributed by atoms with Crippen molar-refractivity contribution in [2.75, 3.05) is 0 Å². The molecule has 2 bridgehead atoms. The van der Waals surface area contributed by atoms with Crippen LogP contribution in [0, 0.1) is 0 Å². The van der Waals surface area contributed by atoms with Crippen molar-refractivity contribution in [2.24, 2.45) is 0 Å². The average molecular weight is 311 g/mol. The smallest absolute Gasteiger partial charge is 0.411 e. The Bertz CT molecular complexity index is 654. The van der Waals surface area contributed by atoms with Crippen LogP contribution >= 0.6 is 0 Å². The van der Waals surface area contributed by atoms with Gasteiger partial charge < -0.3 is 4.74 Å². The van der Waals surface area contributed by atoms with E-state index in [9.17, 15) is 4.79 Å². The lowest BCUT2D eigenvalue weighted by molar-refractivity contribution is 0.0175. The van der Waals surface area contributed by atoms with Gasteiger partial charge in [-0.1, -0.05) is 43.0 Å². The van der Waals surface area contributed by atoms with E-state index in [1.54, 1.807) is 0 Å². The summed E-state index contributed by atoms with van der Waals surface area (Å²) in [5.41, 5.74) is 3.27. The first-order chi connectivity index (χ1) is 10.9. The molecule has 1 aromatic rings. The molecule has 2 aliphatic rings. The Kier molecular flexibility index (Phi) is 4.05. The normalized spacial score (nSPS) is 23.4. The van der Waals surface area contributed by atoms with Gasteiger partial charge in [0.1, 0.15) is 5.60 Å². The fourth-order valence-corrected chi connectivity index (χ4v) is 3.60. The molecule has 2 heterocycles. The van der Waals surface area contributed by atoms with Crippen molar-refractivity contribution in [3.05, 3.63) is 48.0 Å². The van der Waals surface area contributed by atoms with Crippen molar-refractivity contribution in [3.63, 3.8) is 0 Å². The quantitative estimate of drug-likeness (QED) is 0.778. The van der Waals surface area contributed by atoms with Gasteiger partial charge in [0.15, 0.2) is 0 Å². The van der Waals surface area contributed by atoms with E-state index >= 15 is 0 Å². The van der Waals surface area contributed by atoms with Crippen LogP contribution in [0.2, 0.25) is 0 Å². The lowest BCUT2D eigenvalue weighted by atomic mass is 9.91. The third-order valence-electron chi connectivity index (χ3n) is 4.53. The Morgan fingerprint density at radius 1 is 1.30 bits per heavy atom. The molecule has 3 heteroatoms.